The topological polar surface area (TPSA) is 30.4 Å². The molecule has 0 spiro atoms. The highest BCUT2D eigenvalue weighted by molar-refractivity contribution is 6.10. The van der Waals surface area contributed by atoms with Crippen molar-refractivity contribution in [2.45, 2.75) is 19.3 Å². The quantitative estimate of drug-likeness (QED) is 0.144. The first-order chi connectivity index (χ1) is 29.0. The second kappa shape index (κ2) is 13.2. The lowest BCUT2D eigenvalue weighted by molar-refractivity contribution is 0.660. The van der Waals surface area contributed by atoms with Crippen LogP contribution in [-0.4, -0.2) is 18.5 Å². The summed E-state index contributed by atoms with van der Waals surface area (Å²) >= 11 is 0. The zero-order valence-corrected chi connectivity index (χ0v) is 33.0. The highest BCUT2D eigenvalue weighted by Gasteiger charge is 2.36. The van der Waals surface area contributed by atoms with Crippen LogP contribution < -0.4 is 4.90 Å². The Labute approximate surface area is 343 Å². The van der Waals surface area contributed by atoms with Crippen LogP contribution in [0.3, 0.4) is 0 Å². The van der Waals surface area contributed by atoms with Gasteiger partial charge in [0.25, 0.3) is 0 Å². The predicted molar refractivity (Wildman–Crippen MR) is 247 cm³/mol. The minimum absolute atomic E-state index is 0.145. The smallest absolute Gasteiger partial charge is 0.222 e. The molecule has 11 rings (SSSR count). The lowest BCUT2D eigenvalue weighted by Gasteiger charge is -2.28. The zero-order valence-electron chi connectivity index (χ0n) is 33.0. The highest BCUT2D eigenvalue weighted by atomic mass is 15.3. The molecule has 0 radical (unpaired) electrons. The molecule has 59 heavy (non-hydrogen) atoms. The van der Waals surface area contributed by atoms with E-state index in [0.717, 1.165) is 78.5 Å². The second-order valence-corrected chi connectivity index (χ2v) is 15.8. The zero-order chi connectivity index (χ0) is 39.8. The van der Waals surface area contributed by atoms with Crippen LogP contribution in [0.25, 0.3) is 67.0 Å². The largest absolute Gasteiger partial charge is 0.310 e. The van der Waals surface area contributed by atoms with Crippen molar-refractivity contribution in [3.05, 3.63) is 218 Å². The van der Waals surface area contributed by atoms with Crippen LogP contribution in [0.15, 0.2) is 201 Å². The molecule has 0 fully saturated rings. The van der Waals surface area contributed by atoms with E-state index in [2.05, 4.69) is 215 Å². The van der Waals surface area contributed by atoms with Crippen molar-refractivity contribution in [1.82, 2.24) is 18.5 Å². The third kappa shape index (κ3) is 5.14. The Morgan fingerprint density at radius 3 is 1.95 bits per heavy atom. The number of imidazole rings is 2. The fourth-order valence-corrected chi connectivity index (χ4v) is 9.44. The van der Waals surface area contributed by atoms with Crippen LogP contribution in [0.5, 0.6) is 0 Å². The van der Waals surface area contributed by atoms with Crippen molar-refractivity contribution in [2.24, 2.45) is 0 Å². The van der Waals surface area contributed by atoms with Gasteiger partial charge in [0.15, 0.2) is 5.65 Å². The van der Waals surface area contributed by atoms with Gasteiger partial charge in [0.1, 0.15) is 5.52 Å². The van der Waals surface area contributed by atoms with Gasteiger partial charge < -0.3 is 4.90 Å². The van der Waals surface area contributed by atoms with Crippen LogP contribution in [0, 0.1) is 0 Å². The summed E-state index contributed by atoms with van der Waals surface area (Å²) in [6.07, 6.45) is 5.68. The molecule has 5 nitrogen and oxygen atoms in total. The third-order valence-corrected chi connectivity index (χ3v) is 12.2. The Morgan fingerprint density at radius 1 is 0.576 bits per heavy atom. The molecule has 0 N–H and O–H groups in total. The van der Waals surface area contributed by atoms with Crippen LogP contribution in [-0.2, 0) is 5.41 Å². The van der Waals surface area contributed by atoms with Gasteiger partial charge in [-0.1, -0.05) is 142 Å². The molecule has 3 heterocycles. The van der Waals surface area contributed by atoms with Crippen molar-refractivity contribution in [3.8, 4) is 22.5 Å². The Morgan fingerprint density at radius 2 is 1.20 bits per heavy atom. The minimum Gasteiger partial charge on any atom is -0.310 e. The molecule has 0 atom stereocenters. The first-order valence-corrected chi connectivity index (χ1v) is 20.1. The van der Waals surface area contributed by atoms with Crippen molar-refractivity contribution in [3.63, 3.8) is 0 Å². The molecule has 1 aliphatic rings. The average molecular weight is 760 g/mol. The SMILES string of the molecule is C=C/C=C(\C=C)c1ccc(N(c2ccc3c(c2)C(C)(C)c2ccccc2-3)c2ccc3c(c2)n(-c2ccccc2)c2nc4c(c5ccccc5n4-c4ccccc4)n32)cc1. The summed E-state index contributed by atoms with van der Waals surface area (Å²) in [5.41, 5.74) is 17.9. The van der Waals surface area contributed by atoms with E-state index in [-0.39, 0.29) is 5.41 Å². The molecule has 10 aromatic rings. The Bertz CT molecular complexity index is 3320. The summed E-state index contributed by atoms with van der Waals surface area (Å²) < 4.78 is 6.94. The average Bonchev–Trinajstić information content (AvgIpc) is 3.97. The second-order valence-electron chi connectivity index (χ2n) is 15.8. The van der Waals surface area contributed by atoms with E-state index in [1.807, 2.05) is 18.2 Å². The van der Waals surface area contributed by atoms with Crippen LogP contribution in [0.2, 0.25) is 0 Å². The number of nitrogens with zero attached hydrogens (tertiary/aromatic N) is 5. The molecule has 0 amide bonds. The fourth-order valence-electron chi connectivity index (χ4n) is 9.44. The van der Waals surface area contributed by atoms with Gasteiger partial charge in [-0.15, -0.1) is 0 Å². The van der Waals surface area contributed by atoms with Crippen molar-refractivity contribution >= 4 is 61.5 Å². The van der Waals surface area contributed by atoms with E-state index in [0.29, 0.717) is 0 Å². The molecule has 0 saturated heterocycles. The summed E-state index contributed by atoms with van der Waals surface area (Å²) in [4.78, 5) is 7.90. The van der Waals surface area contributed by atoms with E-state index in [9.17, 15) is 0 Å². The van der Waals surface area contributed by atoms with E-state index >= 15 is 0 Å². The molecule has 3 aromatic heterocycles. The van der Waals surface area contributed by atoms with Gasteiger partial charge in [0.2, 0.25) is 5.78 Å². The molecule has 7 aromatic carbocycles. The van der Waals surface area contributed by atoms with E-state index < -0.39 is 0 Å². The fraction of sp³-hybridized carbons (Fsp3) is 0.0556. The third-order valence-electron chi connectivity index (χ3n) is 12.2. The first-order valence-electron chi connectivity index (χ1n) is 20.1. The predicted octanol–water partition coefficient (Wildman–Crippen LogP) is 13.9. The summed E-state index contributed by atoms with van der Waals surface area (Å²) in [7, 11) is 0. The number of hydrogen-bond acceptors (Lipinski definition) is 2. The number of hydrogen-bond donors (Lipinski definition) is 0. The van der Waals surface area contributed by atoms with Gasteiger partial charge >= 0.3 is 0 Å². The normalized spacial score (nSPS) is 13.3. The lowest BCUT2D eigenvalue weighted by Crippen LogP contribution is -2.16. The van der Waals surface area contributed by atoms with E-state index in [1.54, 1.807) is 0 Å². The van der Waals surface area contributed by atoms with Crippen molar-refractivity contribution < 1.29 is 0 Å². The molecule has 282 valence electrons. The number of rotatable bonds is 8. The number of fused-ring (bicyclic) bond motifs is 10. The van der Waals surface area contributed by atoms with Gasteiger partial charge in [0.05, 0.1) is 16.6 Å². The number of allylic oxidation sites excluding steroid dienone is 4. The van der Waals surface area contributed by atoms with Gasteiger partial charge in [-0.05, 0) is 106 Å². The van der Waals surface area contributed by atoms with Crippen molar-refractivity contribution in [1.29, 1.82) is 0 Å². The molecule has 0 saturated carbocycles. The van der Waals surface area contributed by atoms with E-state index in [1.165, 1.54) is 22.3 Å². The van der Waals surface area contributed by atoms with Gasteiger partial charge in [-0.3, -0.25) is 13.5 Å². The number of benzene rings is 7. The van der Waals surface area contributed by atoms with Crippen molar-refractivity contribution in [2.75, 3.05) is 4.90 Å². The summed E-state index contributed by atoms with van der Waals surface area (Å²) in [6.45, 7) is 12.7. The first kappa shape index (κ1) is 34.6. The number of aromatic nitrogens is 4. The minimum atomic E-state index is -0.145. The standard InChI is InChI=1S/C54H41N5/c1-5-17-36(6-2)37-26-28-40(29-27-37)56(41-30-32-44-43-22-13-15-24-46(43)54(3,4)47(44)34-41)42-31-33-49-50(35-42)58(39-20-11-8-12-21-39)53-55-52-51(59(49)53)45-23-14-16-25-48(45)57(52)38-18-9-7-10-19-38/h5-35H,1-2H2,3-4H3/b36-17+. The van der Waals surface area contributed by atoms with Crippen LogP contribution in [0.1, 0.15) is 30.5 Å². The van der Waals surface area contributed by atoms with Gasteiger partial charge in [0, 0.05) is 39.2 Å². The maximum Gasteiger partial charge on any atom is 0.222 e. The maximum atomic E-state index is 5.51. The monoisotopic (exact) mass is 759 g/mol. The summed E-state index contributed by atoms with van der Waals surface area (Å²) in [5, 5.41) is 1.16. The molecule has 0 unspecified atom stereocenters. The molecular formula is C54H41N5. The van der Waals surface area contributed by atoms with Crippen LogP contribution in [0.4, 0.5) is 17.1 Å². The summed E-state index contributed by atoms with van der Waals surface area (Å²) in [5.74, 6) is 0.864. The Balaban J connectivity index is 1.18. The van der Waals surface area contributed by atoms with Gasteiger partial charge in [-0.25, -0.2) is 0 Å². The molecule has 5 heteroatoms. The Hall–Kier alpha value is -7.63. The molecule has 0 aliphatic heterocycles. The molecule has 0 bridgehead atoms. The van der Waals surface area contributed by atoms with E-state index in [4.69, 9.17) is 4.98 Å². The highest BCUT2D eigenvalue weighted by Crippen LogP contribution is 2.51. The van der Waals surface area contributed by atoms with Crippen LogP contribution >= 0.6 is 0 Å². The number of anilines is 3. The maximum absolute atomic E-state index is 5.51. The Kier molecular flexibility index (Phi) is 7.75. The summed E-state index contributed by atoms with van der Waals surface area (Å²) in [6, 6.07) is 61.2. The lowest BCUT2D eigenvalue weighted by atomic mass is 9.82. The van der Waals surface area contributed by atoms with Gasteiger partial charge in [-0.2, -0.15) is 4.98 Å². The molecular weight excluding hydrogens is 719 g/mol. The molecule has 1 aliphatic carbocycles. The number of para-hydroxylation sites is 3.